The van der Waals surface area contributed by atoms with E-state index in [4.69, 9.17) is 5.11 Å². The van der Waals surface area contributed by atoms with Gasteiger partial charge in [-0.3, -0.25) is 0 Å². The number of hydrogen-bond acceptors (Lipinski definition) is 1. The van der Waals surface area contributed by atoms with Gasteiger partial charge in [-0.2, -0.15) is 0 Å². The van der Waals surface area contributed by atoms with Crippen molar-refractivity contribution >= 4 is 5.97 Å². The van der Waals surface area contributed by atoms with E-state index in [-0.39, 0.29) is 5.56 Å². The van der Waals surface area contributed by atoms with Crippen LogP contribution in [0.2, 0.25) is 0 Å². The Labute approximate surface area is 56.5 Å². The van der Waals surface area contributed by atoms with Gasteiger partial charge in [-0.05, 0) is 6.92 Å². The van der Waals surface area contributed by atoms with Gasteiger partial charge in [0.05, 0.1) is 0 Å². The molecule has 0 aliphatic carbocycles. The minimum atomic E-state index is -1.24. The van der Waals surface area contributed by atoms with Crippen molar-refractivity contribution in [2.24, 2.45) is 0 Å². The van der Waals surface area contributed by atoms with Crippen LogP contribution in [0.4, 0.5) is 4.39 Å². The van der Waals surface area contributed by atoms with Crippen molar-refractivity contribution in [1.29, 1.82) is 0 Å². The van der Waals surface area contributed by atoms with Gasteiger partial charge in [0.15, 0.2) is 5.82 Å². The molecule has 0 aromatic carbocycles. The smallest absolute Gasteiger partial charge is 0.340 e. The Morgan fingerprint density at radius 2 is 2.40 bits per heavy atom. The molecule has 0 bridgehead atoms. The summed E-state index contributed by atoms with van der Waals surface area (Å²) in [6.45, 7) is 1.51. The predicted octanol–water partition coefficient (Wildman–Crippen LogP) is 1.16. The molecule has 0 aliphatic heterocycles. The molecule has 0 fully saturated rings. The average Bonchev–Trinajstić information content (AvgIpc) is 2.11. The largest absolute Gasteiger partial charge is 0.478 e. The van der Waals surface area contributed by atoms with Crippen LogP contribution in [0.25, 0.3) is 0 Å². The zero-order chi connectivity index (χ0) is 7.72. The summed E-state index contributed by atoms with van der Waals surface area (Å²) in [6.07, 6.45) is 1.03. The van der Waals surface area contributed by atoms with Crippen LogP contribution in [-0.4, -0.2) is 16.1 Å². The van der Waals surface area contributed by atoms with Crippen LogP contribution in [0.5, 0.6) is 0 Å². The quantitative estimate of drug-likeness (QED) is 0.619. The normalized spacial score (nSPS) is 9.80. The number of carboxylic acid groups (broad SMARTS) is 1. The third kappa shape index (κ3) is 0.877. The Hall–Kier alpha value is -1.32. The molecule has 1 aromatic rings. The van der Waals surface area contributed by atoms with Gasteiger partial charge >= 0.3 is 5.97 Å². The summed E-state index contributed by atoms with van der Waals surface area (Å²) >= 11 is 0. The average molecular weight is 143 g/mol. The van der Waals surface area contributed by atoms with Crippen LogP contribution >= 0.6 is 0 Å². The minimum absolute atomic E-state index is 0.278. The summed E-state index contributed by atoms with van der Waals surface area (Å²) in [5.41, 5.74) is 0.0602. The topological polar surface area (TPSA) is 53.1 Å². The van der Waals surface area contributed by atoms with E-state index in [1.165, 1.54) is 6.92 Å². The van der Waals surface area contributed by atoms with Crippen LogP contribution < -0.4 is 0 Å². The van der Waals surface area contributed by atoms with E-state index < -0.39 is 11.8 Å². The van der Waals surface area contributed by atoms with Gasteiger partial charge < -0.3 is 10.1 Å². The number of aromatic nitrogens is 1. The van der Waals surface area contributed by atoms with Crippen molar-refractivity contribution in [3.05, 3.63) is 23.3 Å². The number of nitrogens with one attached hydrogen (secondary N) is 1. The molecular weight excluding hydrogens is 137 g/mol. The Kier molecular flexibility index (Phi) is 1.45. The van der Waals surface area contributed by atoms with Crippen LogP contribution in [0.15, 0.2) is 6.20 Å². The molecule has 0 spiro atoms. The Morgan fingerprint density at radius 3 is 2.60 bits per heavy atom. The summed E-state index contributed by atoms with van der Waals surface area (Å²) in [4.78, 5) is 12.7. The van der Waals surface area contributed by atoms with E-state index >= 15 is 0 Å². The molecule has 1 heterocycles. The third-order valence-electron chi connectivity index (χ3n) is 1.24. The molecule has 54 valence electrons. The lowest BCUT2D eigenvalue weighted by molar-refractivity contribution is 0.0691. The van der Waals surface area contributed by atoms with Gasteiger partial charge in [0.2, 0.25) is 0 Å². The highest BCUT2D eigenvalue weighted by atomic mass is 19.1. The first-order valence-electron chi connectivity index (χ1n) is 2.69. The highest BCUT2D eigenvalue weighted by molar-refractivity contribution is 5.89. The number of hydrogen-bond donors (Lipinski definition) is 2. The molecule has 0 saturated heterocycles. The van der Waals surface area contributed by atoms with Crippen molar-refractivity contribution in [2.75, 3.05) is 0 Å². The SMILES string of the molecule is Cc1[nH]cc(F)c1C(=O)O. The van der Waals surface area contributed by atoms with Gasteiger partial charge in [0, 0.05) is 11.9 Å². The summed E-state index contributed by atoms with van der Waals surface area (Å²) in [5.74, 6) is -1.96. The first-order chi connectivity index (χ1) is 4.63. The second kappa shape index (κ2) is 2.13. The fraction of sp³-hybridized carbons (Fsp3) is 0.167. The summed E-state index contributed by atoms with van der Waals surface area (Å²) in [5, 5.41) is 8.38. The van der Waals surface area contributed by atoms with Gasteiger partial charge in [-0.1, -0.05) is 0 Å². The van der Waals surface area contributed by atoms with E-state index in [0.717, 1.165) is 6.20 Å². The number of aromatic amines is 1. The molecule has 0 atom stereocenters. The van der Waals surface area contributed by atoms with E-state index in [0.29, 0.717) is 5.69 Å². The Morgan fingerprint density at radius 1 is 1.80 bits per heavy atom. The molecule has 10 heavy (non-hydrogen) atoms. The minimum Gasteiger partial charge on any atom is -0.478 e. The molecule has 0 aliphatic rings. The summed E-state index contributed by atoms with van der Waals surface area (Å²) < 4.78 is 12.4. The van der Waals surface area contributed by atoms with Crippen LogP contribution in [-0.2, 0) is 0 Å². The number of aryl methyl sites for hydroxylation is 1. The fourth-order valence-corrected chi connectivity index (χ4v) is 0.758. The standard InChI is InChI=1S/C6H6FNO2/c1-3-5(6(9)10)4(7)2-8-3/h2,8H,1H3,(H,9,10). The van der Waals surface area contributed by atoms with Gasteiger partial charge in [0.1, 0.15) is 5.56 Å². The Bertz CT molecular complexity index is 247. The van der Waals surface area contributed by atoms with Gasteiger partial charge in [-0.15, -0.1) is 0 Å². The molecule has 4 heteroatoms. The lowest BCUT2D eigenvalue weighted by atomic mass is 10.2. The van der Waals surface area contributed by atoms with E-state index in [2.05, 4.69) is 4.98 Å². The summed E-state index contributed by atoms with van der Waals surface area (Å²) in [6, 6.07) is 0. The maximum absolute atomic E-state index is 12.4. The lowest BCUT2D eigenvalue weighted by Crippen LogP contribution is -1.98. The number of aromatic carboxylic acids is 1. The maximum Gasteiger partial charge on any atom is 0.340 e. The van der Waals surface area contributed by atoms with E-state index in [9.17, 15) is 9.18 Å². The van der Waals surface area contributed by atoms with Crippen molar-refractivity contribution in [1.82, 2.24) is 4.98 Å². The number of halogens is 1. The van der Waals surface area contributed by atoms with E-state index in [1.807, 2.05) is 0 Å². The zero-order valence-corrected chi connectivity index (χ0v) is 5.31. The number of carbonyl (C=O) groups is 1. The summed E-state index contributed by atoms with van der Waals surface area (Å²) in [7, 11) is 0. The molecular formula is C6H6FNO2. The Balaban J connectivity index is 3.23. The molecule has 1 rings (SSSR count). The van der Waals surface area contributed by atoms with Crippen molar-refractivity contribution < 1.29 is 14.3 Å². The monoisotopic (exact) mass is 143 g/mol. The van der Waals surface area contributed by atoms with Gasteiger partial charge in [0.25, 0.3) is 0 Å². The van der Waals surface area contributed by atoms with Crippen LogP contribution in [0.1, 0.15) is 16.1 Å². The molecule has 2 N–H and O–H groups in total. The highest BCUT2D eigenvalue weighted by Gasteiger charge is 2.13. The number of H-pyrrole nitrogens is 1. The number of rotatable bonds is 1. The second-order valence-electron chi connectivity index (χ2n) is 1.94. The molecule has 3 nitrogen and oxygen atoms in total. The van der Waals surface area contributed by atoms with Crippen LogP contribution in [0.3, 0.4) is 0 Å². The number of carboxylic acids is 1. The first kappa shape index (κ1) is 6.80. The first-order valence-corrected chi connectivity index (χ1v) is 2.69. The molecule has 1 aromatic heterocycles. The predicted molar refractivity (Wildman–Crippen MR) is 32.4 cm³/mol. The van der Waals surface area contributed by atoms with Crippen molar-refractivity contribution in [3.63, 3.8) is 0 Å². The third-order valence-corrected chi connectivity index (χ3v) is 1.24. The molecule has 0 saturated carbocycles. The van der Waals surface area contributed by atoms with Crippen molar-refractivity contribution in [3.8, 4) is 0 Å². The molecule has 0 radical (unpaired) electrons. The zero-order valence-electron chi connectivity index (χ0n) is 5.31. The van der Waals surface area contributed by atoms with Crippen molar-refractivity contribution in [2.45, 2.75) is 6.92 Å². The maximum atomic E-state index is 12.4. The van der Waals surface area contributed by atoms with Crippen LogP contribution in [0, 0.1) is 12.7 Å². The van der Waals surface area contributed by atoms with E-state index in [1.54, 1.807) is 0 Å². The highest BCUT2D eigenvalue weighted by Crippen LogP contribution is 2.10. The molecule has 0 amide bonds. The lowest BCUT2D eigenvalue weighted by Gasteiger charge is -1.89. The van der Waals surface area contributed by atoms with Gasteiger partial charge in [-0.25, -0.2) is 9.18 Å². The molecule has 0 unspecified atom stereocenters. The fourth-order valence-electron chi connectivity index (χ4n) is 0.758. The second-order valence-corrected chi connectivity index (χ2v) is 1.94.